The summed E-state index contributed by atoms with van der Waals surface area (Å²) >= 11 is 11.8. The number of hydrazone groups is 1. The van der Waals surface area contributed by atoms with Crippen LogP contribution in [0.3, 0.4) is 0 Å². The number of anilines is 1. The summed E-state index contributed by atoms with van der Waals surface area (Å²) in [5.41, 5.74) is 3.88. The van der Waals surface area contributed by atoms with Gasteiger partial charge in [0.1, 0.15) is 11.8 Å². The number of amides is 1. The fourth-order valence-corrected chi connectivity index (χ4v) is 2.03. The van der Waals surface area contributed by atoms with Crippen LogP contribution < -0.4 is 10.7 Å². The highest BCUT2D eigenvalue weighted by Gasteiger charge is 2.12. The van der Waals surface area contributed by atoms with Gasteiger partial charge in [-0.05, 0) is 55.0 Å². The second kappa shape index (κ2) is 7.85. The molecule has 2 rings (SSSR count). The summed E-state index contributed by atoms with van der Waals surface area (Å²) < 4.78 is 0. The molecular weight excluding hydrogens is 337 g/mol. The van der Waals surface area contributed by atoms with Crippen molar-refractivity contribution >= 4 is 41.0 Å². The Hall–Kier alpha value is -2.24. The molecule has 0 aliphatic heterocycles. The lowest BCUT2D eigenvalue weighted by molar-refractivity contribution is -0.121. The highest BCUT2D eigenvalue weighted by atomic mass is 35.5. The van der Waals surface area contributed by atoms with Gasteiger partial charge in [-0.2, -0.15) is 5.10 Å². The smallest absolute Gasteiger partial charge is 0.262 e. The lowest BCUT2D eigenvalue weighted by Crippen LogP contribution is -2.34. The van der Waals surface area contributed by atoms with E-state index in [2.05, 4.69) is 15.8 Å². The van der Waals surface area contributed by atoms with Gasteiger partial charge in [0, 0.05) is 5.69 Å². The molecule has 7 heteroatoms. The number of hydrogen-bond acceptors (Lipinski definition) is 4. The van der Waals surface area contributed by atoms with Gasteiger partial charge in [-0.1, -0.05) is 23.2 Å². The molecule has 0 fully saturated rings. The molecule has 0 saturated heterocycles. The lowest BCUT2D eigenvalue weighted by atomic mass is 10.2. The number of phenolic OH excluding ortho intramolecular Hbond substituents is 1. The van der Waals surface area contributed by atoms with Gasteiger partial charge in [-0.15, -0.1) is 0 Å². The van der Waals surface area contributed by atoms with E-state index < -0.39 is 6.04 Å². The minimum absolute atomic E-state index is 0.172. The topological polar surface area (TPSA) is 73.7 Å². The average Bonchev–Trinajstić information content (AvgIpc) is 2.52. The van der Waals surface area contributed by atoms with Crippen LogP contribution in [0.1, 0.15) is 12.5 Å². The van der Waals surface area contributed by atoms with Crippen LogP contribution in [0.25, 0.3) is 0 Å². The molecule has 120 valence electrons. The van der Waals surface area contributed by atoms with Crippen LogP contribution in [0, 0.1) is 0 Å². The van der Waals surface area contributed by atoms with Gasteiger partial charge in [0.25, 0.3) is 5.91 Å². The molecule has 0 aliphatic rings. The number of rotatable bonds is 5. The number of phenols is 1. The number of aromatic hydroxyl groups is 1. The number of nitrogens with one attached hydrogen (secondary N) is 2. The number of nitrogens with zero attached hydrogens (tertiary/aromatic N) is 1. The Labute approximate surface area is 143 Å². The molecule has 3 N–H and O–H groups in total. The van der Waals surface area contributed by atoms with Crippen molar-refractivity contribution in [2.75, 3.05) is 5.32 Å². The van der Waals surface area contributed by atoms with Crippen molar-refractivity contribution in [1.82, 2.24) is 5.43 Å². The van der Waals surface area contributed by atoms with Crippen LogP contribution in [0.15, 0.2) is 47.6 Å². The molecular formula is C16H15Cl2N3O2. The summed E-state index contributed by atoms with van der Waals surface area (Å²) in [4.78, 5) is 12.0. The van der Waals surface area contributed by atoms with E-state index in [1.165, 1.54) is 18.3 Å². The average molecular weight is 352 g/mol. The molecule has 0 saturated carbocycles. The Morgan fingerprint density at radius 2 is 1.87 bits per heavy atom. The number of hydrogen-bond donors (Lipinski definition) is 3. The fourth-order valence-electron chi connectivity index (χ4n) is 1.73. The van der Waals surface area contributed by atoms with E-state index in [1.807, 2.05) is 0 Å². The Morgan fingerprint density at radius 1 is 1.17 bits per heavy atom. The Morgan fingerprint density at radius 3 is 2.52 bits per heavy atom. The van der Waals surface area contributed by atoms with E-state index in [1.54, 1.807) is 37.3 Å². The van der Waals surface area contributed by atoms with E-state index >= 15 is 0 Å². The summed E-state index contributed by atoms with van der Waals surface area (Å²) in [6.07, 6.45) is 1.49. The quantitative estimate of drug-likeness (QED) is 0.568. The third-order valence-electron chi connectivity index (χ3n) is 2.98. The number of halogens is 2. The molecule has 1 atom stereocenters. The zero-order chi connectivity index (χ0) is 16.8. The minimum atomic E-state index is -0.510. The molecule has 0 radical (unpaired) electrons. The first-order valence-corrected chi connectivity index (χ1v) is 7.55. The molecule has 23 heavy (non-hydrogen) atoms. The van der Waals surface area contributed by atoms with Gasteiger partial charge < -0.3 is 10.4 Å². The molecule has 0 heterocycles. The van der Waals surface area contributed by atoms with Crippen molar-refractivity contribution in [3.05, 3.63) is 58.1 Å². The van der Waals surface area contributed by atoms with Gasteiger partial charge in [0.15, 0.2) is 0 Å². The van der Waals surface area contributed by atoms with Crippen molar-refractivity contribution in [3.63, 3.8) is 0 Å². The maximum atomic E-state index is 12.0. The molecule has 0 spiro atoms. The largest absolute Gasteiger partial charge is 0.508 e. The third kappa shape index (κ3) is 5.16. The fraction of sp³-hybridized carbons (Fsp3) is 0.125. The lowest BCUT2D eigenvalue weighted by Gasteiger charge is -2.13. The van der Waals surface area contributed by atoms with Crippen LogP contribution in [0.5, 0.6) is 5.75 Å². The van der Waals surface area contributed by atoms with E-state index in [0.29, 0.717) is 15.7 Å². The van der Waals surface area contributed by atoms with E-state index in [9.17, 15) is 9.90 Å². The van der Waals surface area contributed by atoms with Gasteiger partial charge in [0.2, 0.25) is 0 Å². The number of carbonyl (C=O) groups excluding carboxylic acids is 1. The van der Waals surface area contributed by atoms with Gasteiger partial charge in [-0.25, -0.2) is 5.43 Å². The molecule has 0 aliphatic carbocycles. The van der Waals surface area contributed by atoms with Gasteiger partial charge in [-0.3, -0.25) is 4.79 Å². The summed E-state index contributed by atoms with van der Waals surface area (Å²) in [7, 11) is 0. The Bertz CT molecular complexity index is 718. The van der Waals surface area contributed by atoms with Crippen LogP contribution in [0.4, 0.5) is 5.69 Å². The predicted octanol–water partition coefficient (Wildman–Crippen LogP) is 3.65. The molecule has 2 aromatic carbocycles. The highest BCUT2D eigenvalue weighted by molar-refractivity contribution is 6.42. The van der Waals surface area contributed by atoms with Crippen LogP contribution in [-0.4, -0.2) is 23.3 Å². The zero-order valence-electron chi connectivity index (χ0n) is 12.3. The van der Waals surface area contributed by atoms with Crippen molar-refractivity contribution in [2.45, 2.75) is 13.0 Å². The predicted molar refractivity (Wildman–Crippen MR) is 93.4 cm³/mol. The second-order valence-corrected chi connectivity index (χ2v) is 5.64. The van der Waals surface area contributed by atoms with Crippen molar-refractivity contribution in [2.24, 2.45) is 5.10 Å². The molecule has 0 bridgehead atoms. The number of carbonyl (C=O) groups is 1. The molecule has 2 aromatic rings. The minimum Gasteiger partial charge on any atom is -0.508 e. The highest BCUT2D eigenvalue weighted by Crippen LogP contribution is 2.25. The van der Waals surface area contributed by atoms with Crippen LogP contribution in [0.2, 0.25) is 10.0 Å². The maximum absolute atomic E-state index is 12.0. The summed E-state index contributed by atoms with van der Waals surface area (Å²) in [5, 5.41) is 16.9. The summed E-state index contributed by atoms with van der Waals surface area (Å²) in [6, 6.07) is 11.0. The van der Waals surface area contributed by atoms with E-state index in [0.717, 1.165) is 5.56 Å². The first kappa shape index (κ1) is 17.1. The molecule has 1 unspecified atom stereocenters. The van der Waals surface area contributed by atoms with Crippen molar-refractivity contribution in [1.29, 1.82) is 0 Å². The Balaban J connectivity index is 1.89. The first-order valence-electron chi connectivity index (χ1n) is 6.79. The monoisotopic (exact) mass is 351 g/mol. The second-order valence-electron chi connectivity index (χ2n) is 4.82. The first-order chi connectivity index (χ1) is 11.0. The third-order valence-corrected chi connectivity index (χ3v) is 3.72. The molecule has 0 aromatic heterocycles. The van der Waals surface area contributed by atoms with Crippen LogP contribution in [-0.2, 0) is 4.79 Å². The standard InChI is InChI=1S/C16H15Cl2N3O2/c1-10(20-12-4-7-14(17)15(18)8-12)16(23)21-19-9-11-2-5-13(22)6-3-11/h2-10,20,22H,1H3,(H,21,23). The summed E-state index contributed by atoms with van der Waals surface area (Å²) in [6.45, 7) is 1.70. The maximum Gasteiger partial charge on any atom is 0.262 e. The molecule has 5 nitrogen and oxygen atoms in total. The van der Waals surface area contributed by atoms with Gasteiger partial charge >= 0.3 is 0 Å². The van der Waals surface area contributed by atoms with Crippen molar-refractivity contribution in [3.8, 4) is 5.75 Å². The number of benzene rings is 2. The van der Waals surface area contributed by atoms with E-state index in [4.69, 9.17) is 23.2 Å². The SMILES string of the molecule is CC(Nc1ccc(Cl)c(Cl)c1)C(=O)NN=Cc1ccc(O)cc1. The van der Waals surface area contributed by atoms with Crippen LogP contribution >= 0.6 is 23.2 Å². The Kier molecular flexibility index (Phi) is 5.84. The molecule has 1 amide bonds. The van der Waals surface area contributed by atoms with Gasteiger partial charge in [0.05, 0.1) is 16.3 Å². The normalized spacial score (nSPS) is 12.1. The van der Waals surface area contributed by atoms with Crippen molar-refractivity contribution < 1.29 is 9.90 Å². The zero-order valence-corrected chi connectivity index (χ0v) is 13.8. The van der Waals surface area contributed by atoms with E-state index in [-0.39, 0.29) is 11.7 Å². The summed E-state index contributed by atoms with van der Waals surface area (Å²) in [5.74, 6) is -0.128.